The van der Waals surface area contributed by atoms with E-state index < -0.39 is 17.5 Å². The molecule has 41 heavy (non-hydrogen) atoms. The van der Waals surface area contributed by atoms with Crippen LogP contribution < -0.4 is 10.3 Å². The normalized spacial score (nSPS) is 13.6. The zero-order chi connectivity index (χ0) is 29.5. The lowest BCUT2D eigenvalue weighted by molar-refractivity contribution is 0.0593. The molecular formula is C28H25BrN4O8. The Balaban J connectivity index is 0.000000169. The number of alkyl halides is 1. The molecule has 2 aliphatic rings. The molecule has 0 atom stereocenters. The van der Waals surface area contributed by atoms with Gasteiger partial charge in [-0.15, -0.1) is 12.8 Å². The molecule has 2 fully saturated rings. The molecule has 6 rings (SSSR count). The number of aromatic nitrogens is 4. The van der Waals surface area contributed by atoms with Gasteiger partial charge in [0.05, 0.1) is 30.7 Å². The van der Waals surface area contributed by atoms with Crippen LogP contribution in [0.4, 0.5) is 0 Å². The summed E-state index contributed by atoms with van der Waals surface area (Å²) in [4.78, 5) is 43.7. The van der Waals surface area contributed by atoms with Crippen LogP contribution in [0.5, 0.6) is 5.88 Å². The van der Waals surface area contributed by atoms with E-state index in [1.54, 1.807) is 12.1 Å². The summed E-state index contributed by atoms with van der Waals surface area (Å²) in [6.45, 7) is 0.0343. The van der Waals surface area contributed by atoms with E-state index >= 15 is 0 Å². The molecule has 0 aliphatic heterocycles. The highest BCUT2D eigenvalue weighted by Crippen LogP contribution is 2.41. The van der Waals surface area contributed by atoms with Gasteiger partial charge >= 0.3 is 11.9 Å². The predicted octanol–water partition coefficient (Wildman–Crippen LogP) is 4.09. The zero-order valence-electron chi connectivity index (χ0n) is 22.2. The summed E-state index contributed by atoms with van der Waals surface area (Å²) in [5.41, 5.74) is 2.12. The van der Waals surface area contributed by atoms with Gasteiger partial charge in [-0.05, 0) is 43.0 Å². The minimum atomic E-state index is -0.550. The van der Waals surface area contributed by atoms with Gasteiger partial charge in [-0.3, -0.25) is 4.79 Å². The zero-order valence-corrected chi connectivity index (χ0v) is 23.8. The molecule has 0 spiro atoms. The molecule has 2 aliphatic carbocycles. The Kier molecular flexibility index (Phi) is 9.42. The van der Waals surface area contributed by atoms with E-state index in [1.165, 1.54) is 14.2 Å². The number of methoxy groups -OCH3 is 2. The molecule has 13 heteroatoms. The Morgan fingerprint density at radius 2 is 1.51 bits per heavy atom. The number of terminal acetylenes is 2. The highest BCUT2D eigenvalue weighted by Gasteiger charge is 2.30. The number of H-pyrrole nitrogens is 1. The summed E-state index contributed by atoms with van der Waals surface area (Å²) in [5.74, 6) is 4.55. The number of ether oxygens (including phenoxy) is 3. The first-order chi connectivity index (χ1) is 19.9. The van der Waals surface area contributed by atoms with Crippen molar-refractivity contribution in [3.05, 3.63) is 45.0 Å². The van der Waals surface area contributed by atoms with E-state index in [4.69, 9.17) is 31.4 Å². The molecule has 0 aromatic carbocycles. The molecule has 0 saturated heterocycles. The molecule has 4 heterocycles. The Morgan fingerprint density at radius 1 is 0.976 bits per heavy atom. The van der Waals surface area contributed by atoms with Gasteiger partial charge in [-0.2, -0.15) is 5.16 Å². The first kappa shape index (κ1) is 29.4. The van der Waals surface area contributed by atoms with Crippen LogP contribution in [0.2, 0.25) is 0 Å². The quantitative estimate of drug-likeness (QED) is 0.187. The van der Waals surface area contributed by atoms with E-state index in [0.717, 1.165) is 37.1 Å². The number of carbonyl (C=O) groups is 2. The van der Waals surface area contributed by atoms with E-state index in [2.05, 4.69) is 52.8 Å². The number of hydrogen-bond acceptors (Lipinski definition) is 11. The van der Waals surface area contributed by atoms with Crippen LogP contribution >= 0.6 is 15.9 Å². The van der Waals surface area contributed by atoms with Crippen LogP contribution in [0.3, 0.4) is 0 Å². The molecule has 4 aromatic rings. The van der Waals surface area contributed by atoms with Gasteiger partial charge in [0, 0.05) is 23.2 Å². The number of fused-ring (bicyclic) bond motifs is 2. The molecule has 0 radical (unpaired) electrons. The van der Waals surface area contributed by atoms with Gasteiger partial charge in [0.15, 0.2) is 6.61 Å². The minimum Gasteiger partial charge on any atom is -0.465 e. The smallest absolute Gasteiger partial charge is 0.338 e. The maximum absolute atomic E-state index is 11.9. The molecule has 0 amide bonds. The summed E-state index contributed by atoms with van der Waals surface area (Å²) >= 11 is 3.01. The molecular weight excluding hydrogens is 600 g/mol. The molecule has 0 unspecified atom stereocenters. The third-order valence-electron chi connectivity index (χ3n) is 6.08. The van der Waals surface area contributed by atoms with Crippen LogP contribution in [0.1, 0.15) is 69.6 Å². The Morgan fingerprint density at radius 3 is 2.00 bits per heavy atom. The van der Waals surface area contributed by atoms with Crippen molar-refractivity contribution in [1.82, 2.24) is 20.3 Å². The van der Waals surface area contributed by atoms with Gasteiger partial charge < -0.3 is 23.3 Å². The van der Waals surface area contributed by atoms with Crippen LogP contribution in [0, 0.1) is 24.7 Å². The van der Waals surface area contributed by atoms with Gasteiger partial charge in [-0.25, -0.2) is 19.6 Å². The number of pyridine rings is 2. The third kappa shape index (κ3) is 6.76. The predicted molar refractivity (Wildman–Crippen MR) is 150 cm³/mol. The summed E-state index contributed by atoms with van der Waals surface area (Å²) in [5, 5.41) is 7.16. The fourth-order valence-corrected chi connectivity index (χ4v) is 3.85. The Hall–Kier alpha value is -4.62. The van der Waals surface area contributed by atoms with Crippen molar-refractivity contribution in [2.24, 2.45) is 0 Å². The lowest BCUT2D eigenvalue weighted by atomic mass is 10.1. The summed E-state index contributed by atoms with van der Waals surface area (Å²) in [6, 6.07) is 3.34. The first-order valence-electron chi connectivity index (χ1n) is 12.4. The lowest BCUT2D eigenvalue weighted by Gasteiger charge is -2.04. The largest absolute Gasteiger partial charge is 0.465 e. The maximum Gasteiger partial charge on any atom is 0.338 e. The second kappa shape index (κ2) is 13.2. The van der Waals surface area contributed by atoms with Gasteiger partial charge in [0.25, 0.3) is 22.9 Å². The topological polar surface area (TPSA) is 160 Å². The average Bonchev–Trinajstić information content (AvgIpc) is 3.94. The number of nitrogens with one attached hydrogen (secondary N) is 1. The number of rotatable bonds is 6. The molecule has 12 nitrogen and oxygen atoms in total. The SMILES string of the molecule is C#CCBr.C#CCOc1noc2nc(C3CC3)cc(C(=O)OC)c12.COC(=O)c1cc(C2CC2)nc2o[nH]c(=O)c12. The summed E-state index contributed by atoms with van der Waals surface area (Å²) in [6.07, 6.45) is 14.1. The van der Waals surface area contributed by atoms with Crippen LogP contribution in [-0.4, -0.2) is 58.4 Å². The van der Waals surface area contributed by atoms with Crippen molar-refractivity contribution in [3.63, 3.8) is 0 Å². The highest BCUT2D eigenvalue weighted by molar-refractivity contribution is 9.09. The second-order valence-electron chi connectivity index (χ2n) is 8.93. The molecule has 1 N–H and O–H groups in total. The fraction of sp³-hybridized carbons (Fsp3) is 0.357. The van der Waals surface area contributed by atoms with Crippen LogP contribution in [0.15, 0.2) is 26.0 Å². The van der Waals surface area contributed by atoms with E-state index in [-0.39, 0.29) is 34.9 Å². The van der Waals surface area contributed by atoms with E-state index in [1.807, 2.05) is 0 Å². The Bertz CT molecular complexity index is 1720. The van der Waals surface area contributed by atoms with Gasteiger partial charge in [0.1, 0.15) is 10.8 Å². The average molecular weight is 625 g/mol. The molecule has 2 saturated carbocycles. The minimum absolute atomic E-state index is 0.0343. The second-order valence-corrected chi connectivity index (χ2v) is 9.49. The maximum atomic E-state index is 11.9. The van der Waals surface area contributed by atoms with Crippen molar-refractivity contribution in [2.45, 2.75) is 37.5 Å². The van der Waals surface area contributed by atoms with E-state index in [0.29, 0.717) is 28.1 Å². The number of aromatic amines is 1. The summed E-state index contributed by atoms with van der Waals surface area (Å²) < 4.78 is 24.8. The van der Waals surface area contributed by atoms with Gasteiger partial charge in [-0.1, -0.05) is 27.8 Å². The standard InChI is InChI=1S/C14H12N2O4.C11H10N2O4.C3H3Br/c1-3-6-19-13-11-9(14(17)18-2)7-10(8-4-5-8)15-12(11)20-16-13;1-16-11(15)6-4-7(5-2-3-5)12-10-8(6)9(14)13-17-10;1-2-3-4/h1,7-8H,4-6H2,2H3;4-5H,2-3H2,1H3,(H,13,14);1H,3H2. The first-order valence-corrected chi connectivity index (χ1v) is 13.5. The van der Waals surface area contributed by atoms with Crippen molar-refractivity contribution in [2.75, 3.05) is 26.2 Å². The van der Waals surface area contributed by atoms with Gasteiger partial charge in [0.2, 0.25) is 0 Å². The molecule has 4 aromatic heterocycles. The molecule has 0 bridgehead atoms. The van der Waals surface area contributed by atoms with E-state index in [9.17, 15) is 14.4 Å². The number of carbonyl (C=O) groups excluding carboxylic acids is 2. The van der Waals surface area contributed by atoms with Crippen LogP contribution in [0.25, 0.3) is 22.2 Å². The summed E-state index contributed by atoms with van der Waals surface area (Å²) in [7, 11) is 2.60. The fourth-order valence-electron chi connectivity index (χ4n) is 3.85. The monoisotopic (exact) mass is 624 g/mol. The third-order valence-corrected chi connectivity index (χ3v) is 6.40. The van der Waals surface area contributed by atoms with Crippen molar-refractivity contribution < 1.29 is 32.8 Å². The molecule has 212 valence electrons. The van der Waals surface area contributed by atoms with Crippen molar-refractivity contribution in [3.8, 4) is 30.6 Å². The number of hydrogen-bond donors (Lipinski definition) is 1. The highest BCUT2D eigenvalue weighted by atomic mass is 79.9. The van der Waals surface area contributed by atoms with Crippen LogP contribution in [-0.2, 0) is 9.47 Å². The van der Waals surface area contributed by atoms with Crippen molar-refractivity contribution >= 4 is 50.1 Å². The Labute approximate surface area is 242 Å². The number of esters is 2. The number of nitrogens with zero attached hydrogens (tertiary/aromatic N) is 3. The number of halogens is 1. The van der Waals surface area contributed by atoms with Crippen molar-refractivity contribution in [1.29, 1.82) is 0 Å². The lowest BCUT2D eigenvalue weighted by Crippen LogP contribution is -2.09.